The first-order valence-corrected chi connectivity index (χ1v) is 6.51. The van der Waals surface area contributed by atoms with E-state index < -0.39 is 0 Å². The average molecular weight is 291 g/mol. The van der Waals surface area contributed by atoms with E-state index in [1.54, 1.807) is 6.07 Å². The molecule has 1 aromatic carbocycles. The molecule has 0 saturated carbocycles. The Hall–Kier alpha value is -2.01. The summed E-state index contributed by atoms with van der Waals surface area (Å²) in [5.41, 5.74) is 3.85. The first kappa shape index (κ1) is 13.0. The van der Waals surface area contributed by atoms with Gasteiger partial charge < -0.3 is 0 Å². The molecule has 0 aliphatic carbocycles. The van der Waals surface area contributed by atoms with E-state index in [2.05, 4.69) is 15.2 Å². The van der Waals surface area contributed by atoms with Crippen LogP contribution in [0.4, 0.5) is 4.39 Å². The molecule has 0 fully saturated rings. The van der Waals surface area contributed by atoms with Crippen molar-refractivity contribution >= 4 is 17.2 Å². The molecule has 2 aromatic heterocycles. The van der Waals surface area contributed by atoms with Crippen LogP contribution >= 0.6 is 11.6 Å². The molecule has 0 saturated heterocycles. The highest BCUT2D eigenvalue weighted by Crippen LogP contribution is 2.26. The summed E-state index contributed by atoms with van der Waals surface area (Å²) in [6.07, 6.45) is 0. The summed E-state index contributed by atoms with van der Waals surface area (Å²) in [6.45, 7) is 5.64. The molecule has 0 amide bonds. The van der Waals surface area contributed by atoms with Crippen LogP contribution in [0.25, 0.3) is 17.0 Å². The maximum absolute atomic E-state index is 13.2. The standard InChI is InChI=1S/C14H12ClFN4/c1-7-6-10(16)4-5-11(7)13-18-19-14-12(15)17-8(2)9(3)20(13)14/h4-6H,1-3H3. The van der Waals surface area contributed by atoms with Crippen LogP contribution in [0.2, 0.25) is 5.15 Å². The Labute approximate surface area is 120 Å². The van der Waals surface area contributed by atoms with Crippen molar-refractivity contribution in [1.82, 2.24) is 19.6 Å². The van der Waals surface area contributed by atoms with Crippen molar-refractivity contribution in [2.45, 2.75) is 20.8 Å². The topological polar surface area (TPSA) is 43.1 Å². The summed E-state index contributed by atoms with van der Waals surface area (Å²) in [7, 11) is 0. The SMILES string of the molecule is Cc1cc(F)ccc1-c1nnc2c(Cl)nc(C)c(C)n12. The summed E-state index contributed by atoms with van der Waals surface area (Å²) in [6, 6.07) is 4.58. The predicted octanol–water partition coefficient (Wildman–Crippen LogP) is 3.51. The molecule has 0 unspecified atom stereocenters. The summed E-state index contributed by atoms with van der Waals surface area (Å²) >= 11 is 6.11. The third-order valence-corrected chi connectivity index (χ3v) is 3.66. The third-order valence-electron chi connectivity index (χ3n) is 3.40. The molecule has 6 heteroatoms. The Morgan fingerprint density at radius 3 is 2.60 bits per heavy atom. The lowest BCUT2D eigenvalue weighted by Crippen LogP contribution is -2.01. The summed E-state index contributed by atoms with van der Waals surface area (Å²) in [5.74, 6) is 0.370. The highest BCUT2D eigenvalue weighted by atomic mass is 35.5. The van der Waals surface area contributed by atoms with Crippen LogP contribution in [-0.4, -0.2) is 19.6 Å². The van der Waals surface area contributed by atoms with Gasteiger partial charge in [-0.15, -0.1) is 10.2 Å². The number of aromatic nitrogens is 4. The molecule has 0 aliphatic rings. The lowest BCUT2D eigenvalue weighted by Gasteiger charge is -2.09. The van der Waals surface area contributed by atoms with E-state index >= 15 is 0 Å². The third kappa shape index (κ3) is 1.86. The van der Waals surface area contributed by atoms with Gasteiger partial charge in [-0.05, 0) is 44.5 Å². The minimum atomic E-state index is -0.271. The number of halogens is 2. The lowest BCUT2D eigenvalue weighted by molar-refractivity contribution is 0.627. The van der Waals surface area contributed by atoms with Crippen molar-refractivity contribution in [1.29, 1.82) is 0 Å². The summed E-state index contributed by atoms with van der Waals surface area (Å²) < 4.78 is 15.1. The monoisotopic (exact) mass is 290 g/mol. The first-order valence-electron chi connectivity index (χ1n) is 6.13. The number of benzene rings is 1. The second-order valence-corrected chi connectivity index (χ2v) is 5.07. The minimum absolute atomic E-state index is 0.271. The van der Waals surface area contributed by atoms with E-state index in [9.17, 15) is 4.39 Å². The molecule has 3 rings (SSSR count). The average Bonchev–Trinajstić information content (AvgIpc) is 2.81. The van der Waals surface area contributed by atoms with Crippen molar-refractivity contribution in [3.63, 3.8) is 0 Å². The number of hydrogen-bond acceptors (Lipinski definition) is 3. The van der Waals surface area contributed by atoms with Crippen LogP contribution in [0.15, 0.2) is 18.2 Å². The lowest BCUT2D eigenvalue weighted by atomic mass is 10.1. The van der Waals surface area contributed by atoms with Crippen molar-refractivity contribution in [2.24, 2.45) is 0 Å². The molecule has 2 heterocycles. The molecule has 0 aliphatic heterocycles. The van der Waals surface area contributed by atoms with E-state index in [1.165, 1.54) is 12.1 Å². The molecule has 20 heavy (non-hydrogen) atoms. The maximum atomic E-state index is 13.2. The predicted molar refractivity (Wildman–Crippen MR) is 75.4 cm³/mol. The molecular weight excluding hydrogens is 279 g/mol. The van der Waals surface area contributed by atoms with Crippen molar-refractivity contribution in [2.75, 3.05) is 0 Å². The Bertz CT molecular complexity index is 826. The molecule has 0 atom stereocenters. The Kier molecular flexibility index (Phi) is 2.94. The molecular formula is C14H12ClFN4. The molecule has 102 valence electrons. The quantitative estimate of drug-likeness (QED) is 0.689. The van der Waals surface area contributed by atoms with Crippen LogP contribution in [0.1, 0.15) is 17.0 Å². The normalized spacial score (nSPS) is 11.2. The van der Waals surface area contributed by atoms with Crippen LogP contribution in [0.5, 0.6) is 0 Å². The summed E-state index contributed by atoms with van der Waals surface area (Å²) in [5, 5.41) is 8.58. The fraction of sp³-hybridized carbons (Fsp3) is 0.214. The van der Waals surface area contributed by atoms with Crippen LogP contribution in [0, 0.1) is 26.6 Å². The van der Waals surface area contributed by atoms with E-state index in [0.717, 1.165) is 22.5 Å². The molecule has 0 radical (unpaired) electrons. The number of nitrogens with zero attached hydrogens (tertiary/aromatic N) is 4. The highest BCUT2D eigenvalue weighted by molar-refractivity contribution is 6.32. The van der Waals surface area contributed by atoms with Gasteiger partial charge in [0.1, 0.15) is 5.82 Å². The van der Waals surface area contributed by atoms with Crippen molar-refractivity contribution < 1.29 is 4.39 Å². The first-order chi connectivity index (χ1) is 9.49. The van der Waals surface area contributed by atoms with Gasteiger partial charge in [0.25, 0.3) is 0 Å². The second-order valence-electron chi connectivity index (χ2n) is 4.72. The van der Waals surface area contributed by atoms with Gasteiger partial charge in [-0.3, -0.25) is 4.40 Å². The van der Waals surface area contributed by atoms with Gasteiger partial charge in [-0.2, -0.15) is 0 Å². The highest BCUT2D eigenvalue weighted by Gasteiger charge is 2.16. The maximum Gasteiger partial charge on any atom is 0.199 e. The van der Waals surface area contributed by atoms with Gasteiger partial charge in [0.2, 0.25) is 0 Å². The van der Waals surface area contributed by atoms with Gasteiger partial charge in [0.15, 0.2) is 16.6 Å². The number of fused-ring (bicyclic) bond motifs is 1. The molecule has 3 aromatic rings. The zero-order valence-corrected chi connectivity index (χ0v) is 12.0. The fourth-order valence-electron chi connectivity index (χ4n) is 2.23. The van der Waals surface area contributed by atoms with E-state index in [-0.39, 0.29) is 5.82 Å². The van der Waals surface area contributed by atoms with E-state index in [0.29, 0.717) is 16.6 Å². The smallest absolute Gasteiger partial charge is 0.199 e. The molecule has 0 spiro atoms. The van der Waals surface area contributed by atoms with Gasteiger partial charge in [-0.25, -0.2) is 9.37 Å². The summed E-state index contributed by atoms with van der Waals surface area (Å²) in [4.78, 5) is 4.23. The van der Waals surface area contributed by atoms with Crippen molar-refractivity contribution in [3.05, 3.63) is 46.1 Å². The molecule has 0 N–H and O–H groups in total. The largest absolute Gasteiger partial charge is 0.275 e. The fourth-order valence-corrected chi connectivity index (χ4v) is 2.48. The van der Waals surface area contributed by atoms with E-state index in [1.807, 2.05) is 25.2 Å². The zero-order valence-electron chi connectivity index (χ0n) is 11.3. The number of rotatable bonds is 1. The Morgan fingerprint density at radius 1 is 1.15 bits per heavy atom. The molecule has 4 nitrogen and oxygen atoms in total. The van der Waals surface area contributed by atoms with Crippen LogP contribution < -0.4 is 0 Å². The Morgan fingerprint density at radius 2 is 1.90 bits per heavy atom. The number of aryl methyl sites for hydroxylation is 3. The minimum Gasteiger partial charge on any atom is -0.275 e. The van der Waals surface area contributed by atoms with Gasteiger partial charge >= 0.3 is 0 Å². The number of hydrogen-bond donors (Lipinski definition) is 0. The van der Waals surface area contributed by atoms with Gasteiger partial charge in [-0.1, -0.05) is 11.6 Å². The second kappa shape index (κ2) is 4.52. The zero-order chi connectivity index (χ0) is 14.4. The van der Waals surface area contributed by atoms with Crippen LogP contribution in [-0.2, 0) is 0 Å². The van der Waals surface area contributed by atoms with Gasteiger partial charge in [0, 0.05) is 11.3 Å². The van der Waals surface area contributed by atoms with Crippen LogP contribution in [0.3, 0.4) is 0 Å². The Balaban J connectivity index is 2.38. The van der Waals surface area contributed by atoms with Crippen molar-refractivity contribution in [3.8, 4) is 11.4 Å². The molecule has 0 bridgehead atoms. The van der Waals surface area contributed by atoms with Gasteiger partial charge in [0.05, 0.1) is 5.69 Å². The van der Waals surface area contributed by atoms with E-state index in [4.69, 9.17) is 11.6 Å².